The topological polar surface area (TPSA) is 42.9 Å². The van der Waals surface area contributed by atoms with Crippen LogP contribution >= 0.6 is 0 Å². The fourth-order valence-corrected chi connectivity index (χ4v) is 5.45. The molecule has 0 saturated carbocycles. The van der Waals surface area contributed by atoms with Crippen molar-refractivity contribution in [1.29, 1.82) is 0 Å². The molecule has 2 N–H and O–H groups in total. The zero-order valence-corrected chi connectivity index (χ0v) is 23.5. The number of carbonyl (C=O) groups excluding carboxylic acids is 1. The first-order valence-corrected chi connectivity index (χ1v) is 15.5. The van der Waals surface area contributed by atoms with Gasteiger partial charge in [-0.05, 0) is 37.7 Å². The largest absolute Gasteiger partial charge is 0.454 e. The van der Waals surface area contributed by atoms with Gasteiger partial charge in [-0.2, -0.15) is 0 Å². The summed E-state index contributed by atoms with van der Waals surface area (Å²) in [6.07, 6.45) is 29.5. The highest BCUT2D eigenvalue weighted by Crippen LogP contribution is 2.34. The van der Waals surface area contributed by atoms with Crippen molar-refractivity contribution in [2.75, 3.05) is 13.1 Å². The summed E-state index contributed by atoms with van der Waals surface area (Å²) < 4.78 is 6.14. The Labute approximate surface area is 222 Å². The second kappa shape index (κ2) is 20.4. The van der Waals surface area contributed by atoms with Crippen molar-refractivity contribution in [2.24, 2.45) is 0 Å². The van der Waals surface area contributed by atoms with Gasteiger partial charge < -0.3 is 10.1 Å². The Bertz CT molecular complexity index is 678. The van der Waals surface area contributed by atoms with E-state index in [2.05, 4.69) is 48.7 Å². The minimum Gasteiger partial charge on any atom is -0.454 e. The molecule has 0 aromatic heterocycles. The number of hydrogen-bond acceptors (Lipinski definition) is 2. The van der Waals surface area contributed by atoms with Crippen molar-refractivity contribution < 1.29 is 14.8 Å². The van der Waals surface area contributed by atoms with Gasteiger partial charge in [0.05, 0.1) is 13.1 Å². The molecule has 0 bridgehead atoms. The Morgan fingerprint density at radius 2 is 1.25 bits per heavy atom. The van der Waals surface area contributed by atoms with Gasteiger partial charge in [-0.25, -0.2) is 0 Å². The van der Waals surface area contributed by atoms with E-state index in [0.29, 0.717) is 6.42 Å². The maximum absolute atomic E-state index is 12.6. The molecule has 1 fully saturated rings. The molecule has 2 rings (SSSR count). The lowest BCUT2D eigenvalue weighted by molar-refractivity contribution is -0.668. The van der Waals surface area contributed by atoms with E-state index in [1.54, 1.807) is 0 Å². The molecule has 1 heterocycles. The summed E-state index contributed by atoms with van der Waals surface area (Å²) in [5.74, 6) is -0.0122. The van der Waals surface area contributed by atoms with Crippen LogP contribution in [0.25, 0.3) is 0 Å². The molecule has 0 aliphatic carbocycles. The Morgan fingerprint density at radius 1 is 0.750 bits per heavy atom. The SMILES string of the molecule is CCCCCCCC/C=C/CCCCCCCCCCCC(=O)OC1(c2ccccc2)CC[NH2+]CC1. The van der Waals surface area contributed by atoms with Crippen LogP contribution in [0.2, 0.25) is 0 Å². The lowest BCUT2D eigenvalue weighted by Crippen LogP contribution is -2.87. The first kappa shape index (κ1) is 30.6. The van der Waals surface area contributed by atoms with Crippen LogP contribution in [0.15, 0.2) is 42.5 Å². The summed E-state index contributed by atoms with van der Waals surface area (Å²) in [5, 5.41) is 2.32. The quantitative estimate of drug-likeness (QED) is 0.105. The number of benzene rings is 1. The molecule has 0 atom stereocenters. The third-order valence-corrected chi connectivity index (χ3v) is 7.76. The maximum atomic E-state index is 12.6. The Hall–Kier alpha value is -1.61. The minimum absolute atomic E-state index is 0.0122. The molecule has 1 aromatic rings. The van der Waals surface area contributed by atoms with E-state index in [1.165, 1.54) is 96.3 Å². The molecule has 3 nitrogen and oxygen atoms in total. The number of ether oxygens (including phenoxy) is 1. The molecular weight excluding hydrogens is 442 g/mol. The zero-order chi connectivity index (χ0) is 25.6. The smallest absolute Gasteiger partial charge is 0.306 e. The number of esters is 1. The predicted octanol–water partition coefficient (Wildman–Crippen LogP) is 8.38. The average molecular weight is 499 g/mol. The van der Waals surface area contributed by atoms with Gasteiger partial charge in [-0.15, -0.1) is 0 Å². The molecule has 204 valence electrons. The van der Waals surface area contributed by atoms with E-state index in [9.17, 15) is 4.79 Å². The highest BCUT2D eigenvalue weighted by molar-refractivity contribution is 5.70. The molecular formula is C33H56NO2+. The van der Waals surface area contributed by atoms with Crippen molar-refractivity contribution in [3.05, 3.63) is 48.0 Å². The molecule has 3 heteroatoms. The van der Waals surface area contributed by atoms with Gasteiger partial charge in [0.1, 0.15) is 5.60 Å². The highest BCUT2D eigenvalue weighted by atomic mass is 16.6. The van der Waals surface area contributed by atoms with E-state index in [4.69, 9.17) is 4.74 Å². The van der Waals surface area contributed by atoms with Gasteiger partial charge in [0.2, 0.25) is 0 Å². The van der Waals surface area contributed by atoms with Crippen LogP contribution in [0.1, 0.15) is 141 Å². The van der Waals surface area contributed by atoms with Crippen molar-refractivity contribution >= 4 is 5.97 Å². The van der Waals surface area contributed by atoms with Gasteiger partial charge in [0.25, 0.3) is 0 Å². The normalized spacial score (nSPS) is 15.4. The Kier molecular flexibility index (Phi) is 17.4. The summed E-state index contributed by atoms with van der Waals surface area (Å²) in [4.78, 5) is 12.6. The zero-order valence-electron chi connectivity index (χ0n) is 23.5. The second-order valence-electron chi connectivity index (χ2n) is 10.9. The van der Waals surface area contributed by atoms with Crippen LogP contribution in [0, 0.1) is 0 Å². The predicted molar refractivity (Wildman–Crippen MR) is 153 cm³/mol. The van der Waals surface area contributed by atoms with Crippen LogP contribution in [0.3, 0.4) is 0 Å². The van der Waals surface area contributed by atoms with Gasteiger partial charge in [-0.1, -0.05) is 126 Å². The van der Waals surface area contributed by atoms with Gasteiger partial charge in [0, 0.05) is 19.3 Å². The van der Waals surface area contributed by atoms with Crippen LogP contribution in [0.5, 0.6) is 0 Å². The average Bonchev–Trinajstić information content (AvgIpc) is 2.91. The number of carbonyl (C=O) groups is 1. The minimum atomic E-state index is -0.406. The number of unbranched alkanes of at least 4 members (excludes halogenated alkanes) is 15. The number of allylic oxidation sites excluding steroid dienone is 2. The lowest BCUT2D eigenvalue weighted by Gasteiger charge is -2.36. The van der Waals surface area contributed by atoms with Crippen LogP contribution in [-0.4, -0.2) is 19.1 Å². The highest BCUT2D eigenvalue weighted by Gasteiger charge is 2.39. The fraction of sp³-hybridized carbons (Fsp3) is 0.727. The first-order chi connectivity index (χ1) is 17.8. The molecule has 0 spiro atoms. The van der Waals surface area contributed by atoms with E-state index in [1.807, 2.05) is 6.07 Å². The molecule has 36 heavy (non-hydrogen) atoms. The summed E-state index contributed by atoms with van der Waals surface area (Å²) in [6.45, 7) is 4.33. The van der Waals surface area contributed by atoms with Crippen molar-refractivity contribution in [2.45, 2.75) is 141 Å². The van der Waals surface area contributed by atoms with Crippen LogP contribution < -0.4 is 5.32 Å². The van der Waals surface area contributed by atoms with Crippen molar-refractivity contribution in [3.63, 3.8) is 0 Å². The lowest BCUT2D eigenvalue weighted by atomic mass is 9.84. The molecule has 1 aliphatic rings. The van der Waals surface area contributed by atoms with Crippen molar-refractivity contribution in [3.8, 4) is 0 Å². The molecule has 0 amide bonds. The van der Waals surface area contributed by atoms with Gasteiger partial charge in [0.15, 0.2) is 0 Å². The van der Waals surface area contributed by atoms with Crippen molar-refractivity contribution in [1.82, 2.24) is 0 Å². The summed E-state index contributed by atoms with van der Waals surface area (Å²) >= 11 is 0. The molecule has 1 aliphatic heterocycles. The third-order valence-electron chi connectivity index (χ3n) is 7.76. The number of nitrogens with two attached hydrogens (primary N) is 1. The fourth-order valence-electron chi connectivity index (χ4n) is 5.45. The summed E-state index contributed by atoms with van der Waals surface area (Å²) in [6, 6.07) is 10.4. The number of piperidine rings is 1. The van der Waals surface area contributed by atoms with Crippen LogP contribution in [-0.2, 0) is 15.1 Å². The van der Waals surface area contributed by atoms with E-state index >= 15 is 0 Å². The number of hydrogen-bond donors (Lipinski definition) is 1. The van der Waals surface area contributed by atoms with E-state index in [-0.39, 0.29) is 5.97 Å². The van der Waals surface area contributed by atoms with Gasteiger partial charge >= 0.3 is 5.97 Å². The molecule has 0 unspecified atom stereocenters. The standard InChI is InChI=1S/C33H55NO2/c1-2-3-4-5-6-7-8-9-10-11-12-13-14-15-16-17-18-19-23-26-32(35)36-33(27-29-34-30-28-33)31-24-21-20-22-25-31/h9-10,20-22,24-25,34H,2-8,11-19,23,26-30H2,1H3/p+1/b10-9+. The first-order valence-electron chi connectivity index (χ1n) is 15.5. The van der Waals surface area contributed by atoms with Crippen LogP contribution in [0.4, 0.5) is 0 Å². The maximum Gasteiger partial charge on any atom is 0.306 e. The van der Waals surface area contributed by atoms with E-state index in [0.717, 1.165) is 44.3 Å². The third kappa shape index (κ3) is 13.6. The Balaban J connectivity index is 1.40. The molecule has 1 saturated heterocycles. The monoisotopic (exact) mass is 498 g/mol. The summed E-state index contributed by atoms with van der Waals surface area (Å²) in [5.41, 5.74) is 0.757. The van der Waals surface area contributed by atoms with Gasteiger partial charge in [-0.3, -0.25) is 4.79 Å². The second-order valence-corrected chi connectivity index (χ2v) is 10.9. The molecule has 0 radical (unpaired) electrons. The number of rotatable bonds is 21. The molecule has 1 aromatic carbocycles. The Morgan fingerprint density at radius 3 is 1.81 bits per heavy atom. The van der Waals surface area contributed by atoms with E-state index < -0.39 is 5.60 Å². The number of quaternary nitrogens is 1. The summed E-state index contributed by atoms with van der Waals surface area (Å²) in [7, 11) is 0.